The highest BCUT2D eigenvalue weighted by molar-refractivity contribution is 6.06. The van der Waals surface area contributed by atoms with Crippen LogP contribution in [0.15, 0.2) is 194 Å². The van der Waals surface area contributed by atoms with Crippen LogP contribution in [0.2, 0.25) is 0 Å². The van der Waals surface area contributed by atoms with Crippen molar-refractivity contribution in [3.05, 3.63) is 205 Å². The summed E-state index contributed by atoms with van der Waals surface area (Å²) in [5.41, 5.74) is 15.0. The molecule has 1 aromatic heterocycles. The van der Waals surface area contributed by atoms with E-state index in [1.807, 2.05) is 18.2 Å². The number of fused-ring (bicyclic) bond motifs is 6. The highest BCUT2D eigenvalue weighted by Gasteiger charge is 2.36. The smallest absolute Gasteiger partial charge is 0.160 e. The van der Waals surface area contributed by atoms with Crippen LogP contribution in [0, 0.1) is 0 Å². The fraction of sp³-hybridized carbons (Fsp3) is 0.0545. The van der Waals surface area contributed by atoms with Crippen LogP contribution in [0.5, 0.6) is 0 Å². The molecule has 0 amide bonds. The van der Waals surface area contributed by atoms with Gasteiger partial charge in [-0.1, -0.05) is 172 Å². The second kappa shape index (κ2) is 13.0. The maximum absolute atomic E-state index is 5.27. The van der Waals surface area contributed by atoms with Gasteiger partial charge < -0.3 is 0 Å². The lowest BCUT2D eigenvalue weighted by Crippen LogP contribution is -2.14. The Labute approximate surface area is 332 Å². The third-order valence-electron chi connectivity index (χ3n) is 12.1. The highest BCUT2D eigenvalue weighted by Crippen LogP contribution is 2.51. The van der Waals surface area contributed by atoms with Crippen molar-refractivity contribution < 1.29 is 0 Å². The van der Waals surface area contributed by atoms with E-state index in [1.165, 1.54) is 65.9 Å². The lowest BCUT2D eigenvalue weighted by Gasteiger charge is -2.22. The lowest BCUT2D eigenvalue weighted by molar-refractivity contribution is 0.661. The molecule has 0 spiro atoms. The second-order valence-corrected chi connectivity index (χ2v) is 15.8. The first-order chi connectivity index (χ1) is 28.0. The Balaban J connectivity index is 1.05. The summed E-state index contributed by atoms with van der Waals surface area (Å²) in [6.45, 7) is 4.71. The maximum Gasteiger partial charge on any atom is 0.160 e. The summed E-state index contributed by atoms with van der Waals surface area (Å²) in [5.74, 6) is 0.708. The number of nitrogens with zero attached hydrogens (tertiary/aromatic N) is 2. The summed E-state index contributed by atoms with van der Waals surface area (Å²) in [6.07, 6.45) is 0. The van der Waals surface area contributed by atoms with Gasteiger partial charge in [-0.2, -0.15) is 0 Å². The Kier molecular flexibility index (Phi) is 7.55. The molecule has 1 aliphatic rings. The summed E-state index contributed by atoms with van der Waals surface area (Å²) < 4.78 is 0. The van der Waals surface area contributed by atoms with E-state index in [0.717, 1.165) is 39.0 Å². The quantitative estimate of drug-likeness (QED) is 0.176. The van der Waals surface area contributed by atoms with Gasteiger partial charge in [0, 0.05) is 22.1 Å². The van der Waals surface area contributed by atoms with Crippen molar-refractivity contribution in [3.8, 4) is 67.3 Å². The molecular formula is C55H38N2. The molecule has 57 heavy (non-hydrogen) atoms. The van der Waals surface area contributed by atoms with Gasteiger partial charge in [0.05, 0.1) is 11.4 Å². The number of rotatable bonds is 5. The first-order valence-corrected chi connectivity index (χ1v) is 19.7. The van der Waals surface area contributed by atoms with Crippen molar-refractivity contribution in [2.24, 2.45) is 0 Å². The van der Waals surface area contributed by atoms with Crippen molar-refractivity contribution in [3.63, 3.8) is 0 Å². The predicted octanol–water partition coefficient (Wildman–Crippen LogP) is 14.6. The zero-order valence-corrected chi connectivity index (χ0v) is 31.9. The maximum atomic E-state index is 5.27. The van der Waals surface area contributed by atoms with Crippen LogP contribution >= 0.6 is 0 Å². The standard InChI is InChI=1S/C55H38N2/c1-55(2)50-28-25-42(32-48(50)49-31-39-17-8-9-18-40(39)33-51(49)55)44-26-27-47(46-22-11-10-21-45(44)46)53-34-52(56-54(57-53)36-14-4-3-5-15-36)43-20-12-19-38(30-43)41-24-23-35-13-6-7-16-37(35)29-41/h3-34H,1-2H3. The Hall–Kier alpha value is -7.16. The zero-order valence-electron chi connectivity index (χ0n) is 31.9. The third-order valence-corrected chi connectivity index (χ3v) is 12.1. The average molecular weight is 727 g/mol. The molecule has 11 rings (SSSR count). The van der Waals surface area contributed by atoms with Gasteiger partial charge in [0.25, 0.3) is 0 Å². The summed E-state index contributed by atoms with van der Waals surface area (Å²) in [4.78, 5) is 10.5. The van der Waals surface area contributed by atoms with E-state index >= 15 is 0 Å². The molecule has 0 radical (unpaired) electrons. The van der Waals surface area contributed by atoms with E-state index in [9.17, 15) is 0 Å². The van der Waals surface area contributed by atoms with Crippen LogP contribution in [0.3, 0.4) is 0 Å². The van der Waals surface area contributed by atoms with E-state index in [0.29, 0.717) is 5.82 Å². The molecule has 0 fully saturated rings. The van der Waals surface area contributed by atoms with Crippen molar-refractivity contribution >= 4 is 32.3 Å². The monoisotopic (exact) mass is 726 g/mol. The minimum Gasteiger partial charge on any atom is -0.228 e. The van der Waals surface area contributed by atoms with E-state index in [-0.39, 0.29) is 5.41 Å². The van der Waals surface area contributed by atoms with Gasteiger partial charge in [0.15, 0.2) is 5.82 Å². The molecule has 9 aromatic carbocycles. The van der Waals surface area contributed by atoms with Gasteiger partial charge in [0.1, 0.15) is 0 Å². The Morgan fingerprint density at radius 2 is 0.895 bits per heavy atom. The normalized spacial score (nSPS) is 12.9. The largest absolute Gasteiger partial charge is 0.228 e. The molecule has 2 heteroatoms. The van der Waals surface area contributed by atoms with Gasteiger partial charge in [-0.3, -0.25) is 0 Å². The van der Waals surface area contributed by atoms with Crippen LogP contribution in [0.25, 0.3) is 99.6 Å². The van der Waals surface area contributed by atoms with Gasteiger partial charge in [-0.25, -0.2) is 9.97 Å². The van der Waals surface area contributed by atoms with Crippen LogP contribution in [0.1, 0.15) is 25.0 Å². The molecule has 0 N–H and O–H groups in total. The van der Waals surface area contributed by atoms with Crippen LogP contribution < -0.4 is 0 Å². The van der Waals surface area contributed by atoms with Crippen molar-refractivity contribution in [1.29, 1.82) is 0 Å². The molecule has 0 saturated carbocycles. The Bertz CT molecular complexity index is 3210. The molecular weight excluding hydrogens is 689 g/mol. The third kappa shape index (κ3) is 5.56. The lowest BCUT2D eigenvalue weighted by atomic mass is 9.81. The summed E-state index contributed by atoms with van der Waals surface area (Å²) in [6, 6.07) is 70.3. The first-order valence-electron chi connectivity index (χ1n) is 19.7. The minimum atomic E-state index is -0.0741. The number of hydrogen-bond acceptors (Lipinski definition) is 2. The molecule has 268 valence electrons. The van der Waals surface area contributed by atoms with Gasteiger partial charge in [-0.15, -0.1) is 0 Å². The Morgan fingerprint density at radius 1 is 0.316 bits per heavy atom. The fourth-order valence-electron chi connectivity index (χ4n) is 9.06. The topological polar surface area (TPSA) is 25.8 Å². The summed E-state index contributed by atoms with van der Waals surface area (Å²) in [7, 11) is 0. The molecule has 1 aliphatic carbocycles. The Morgan fingerprint density at radius 3 is 1.70 bits per heavy atom. The van der Waals surface area contributed by atoms with E-state index in [4.69, 9.17) is 9.97 Å². The van der Waals surface area contributed by atoms with Crippen molar-refractivity contribution in [1.82, 2.24) is 9.97 Å². The predicted molar refractivity (Wildman–Crippen MR) is 239 cm³/mol. The number of benzene rings is 9. The van der Waals surface area contributed by atoms with E-state index in [2.05, 4.69) is 190 Å². The fourth-order valence-corrected chi connectivity index (χ4v) is 9.06. The van der Waals surface area contributed by atoms with Crippen LogP contribution in [-0.4, -0.2) is 9.97 Å². The highest BCUT2D eigenvalue weighted by atomic mass is 14.9. The van der Waals surface area contributed by atoms with Crippen molar-refractivity contribution in [2.45, 2.75) is 19.3 Å². The van der Waals surface area contributed by atoms with Crippen LogP contribution in [0.4, 0.5) is 0 Å². The molecule has 0 saturated heterocycles. The molecule has 0 bridgehead atoms. The summed E-state index contributed by atoms with van der Waals surface area (Å²) >= 11 is 0. The molecule has 0 unspecified atom stereocenters. The molecule has 10 aromatic rings. The van der Waals surface area contributed by atoms with E-state index in [1.54, 1.807) is 0 Å². The summed E-state index contributed by atoms with van der Waals surface area (Å²) in [5, 5.41) is 7.40. The van der Waals surface area contributed by atoms with Gasteiger partial charge in [0.2, 0.25) is 0 Å². The molecule has 0 atom stereocenters. The molecule has 2 nitrogen and oxygen atoms in total. The molecule has 0 aliphatic heterocycles. The minimum absolute atomic E-state index is 0.0741. The molecule has 1 heterocycles. The number of hydrogen-bond donors (Lipinski definition) is 0. The number of aromatic nitrogens is 2. The van der Waals surface area contributed by atoms with E-state index < -0.39 is 0 Å². The van der Waals surface area contributed by atoms with Gasteiger partial charge in [-0.05, 0) is 113 Å². The SMILES string of the molecule is CC1(C)c2ccc(-c3ccc(-c4cc(-c5cccc(-c6ccc7ccccc7c6)c5)nc(-c5ccccc5)n4)c4ccccc34)cc2-c2cc3ccccc3cc21. The van der Waals surface area contributed by atoms with Gasteiger partial charge >= 0.3 is 0 Å². The zero-order chi connectivity index (χ0) is 38.1. The second-order valence-electron chi connectivity index (χ2n) is 15.8. The average Bonchev–Trinajstić information content (AvgIpc) is 3.49. The van der Waals surface area contributed by atoms with Crippen LogP contribution in [-0.2, 0) is 5.41 Å². The first kappa shape index (κ1) is 33.2. The van der Waals surface area contributed by atoms with Crippen molar-refractivity contribution in [2.75, 3.05) is 0 Å².